The number of aromatic nitrogens is 3. The Hall–Kier alpha value is -4.59. The van der Waals surface area contributed by atoms with Crippen molar-refractivity contribution in [1.29, 1.82) is 0 Å². The maximum absolute atomic E-state index is 12.0. The van der Waals surface area contributed by atoms with Gasteiger partial charge in [0.25, 0.3) is 0 Å². The van der Waals surface area contributed by atoms with Gasteiger partial charge >= 0.3 is 0 Å². The summed E-state index contributed by atoms with van der Waals surface area (Å²) >= 11 is 0. The third-order valence-corrected chi connectivity index (χ3v) is 4.61. The van der Waals surface area contributed by atoms with Gasteiger partial charge in [-0.3, -0.25) is 9.59 Å². The monoisotopic (exact) mass is 439 g/mol. The van der Waals surface area contributed by atoms with E-state index < -0.39 is 5.91 Å². The lowest BCUT2D eigenvalue weighted by molar-refractivity contribution is -0.114. The third-order valence-electron chi connectivity index (χ3n) is 4.61. The number of anilines is 3. The van der Waals surface area contributed by atoms with Gasteiger partial charge in [0.2, 0.25) is 5.91 Å². The molecule has 0 radical (unpaired) electrons. The quantitative estimate of drug-likeness (QED) is 0.391. The van der Waals surface area contributed by atoms with Gasteiger partial charge in [-0.05, 0) is 48.9 Å². The lowest BCUT2D eigenvalue weighted by Crippen LogP contribution is -2.10. The first kappa shape index (κ1) is 21.6. The molecule has 0 bridgehead atoms. The van der Waals surface area contributed by atoms with E-state index in [0.717, 1.165) is 23.1 Å². The van der Waals surface area contributed by atoms with E-state index in [1.807, 2.05) is 54.6 Å². The summed E-state index contributed by atoms with van der Waals surface area (Å²) in [4.78, 5) is 35.7. The third kappa shape index (κ3) is 5.98. The Morgan fingerprint density at radius 1 is 0.970 bits per heavy atom. The van der Waals surface area contributed by atoms with E-state index in [4.69, 9.17) is 4.74 Å². The van der Waals surface area contributed by atoms with E-state index in [-0.39, 0.29) is 5.78 Å². The molecular weight excluding hydrogens is 418 g/mol. The molecule has 164 valence electrons. The van der Waals surface area contributed by atoms with Crippen LogP contribution in [-0.2, 0) is 16.2 Å². The van der Waals surface area contributed by atoms with Crippen LogP contribution in [0.25, 0.3) is 10.9 Å². The van der Waals surface area contributed by atoms with Crippen molar-refractivity contribution in [2.75, 3.05) is 10.6 Å². The molecule has 0 atom stereocenters. The molecule has 4 rings (SSSR count). The number of amides is 1. The minimum absolute atomic E-state index is 0.215. The molecular formula is C25H21N5O3. The van der Waals surface area contributed by atoms with Gasteiger partial charge in [0.05, 0.1) is 11.7 Å². The minimum atomic E-state index is -0.450. The topological polar surface area (TPSA) is 106 Å². The second kappa shape index (κ2) is 10.1. The molecule has 4 aromatic rings. The lowest BCUT2D eigenvalue weighted by Gasteiger charge is -2.11. The van der Waals surface area contributed by atoms with Crippen molar-refractivity contribution < 1.29 is 14.3 Å². The van der Waals surface area contributed by atoms with Crippen LogP contribution in [-0.4, -0.2) is 26.6 Å². The zero-order chi connectivity index (χ0) is 23.0. The summed E-state index contributed by atoms with van der Waals surface area (Å²) in [5.74, 6) is 0.977. The van der Waals surface area contributed by atoms with Crippen LogP contribution >= 0.6 is 0 Å². The summed E-state index contributed by atoms with van der Waals surface area (Å²) in [6.45, 7) is 1.86. The van der Waals surface area contributed by atoms with Gasteiger partial charge in [0, 0.05) is 17.1 Å². The molecule has 0 saturated carbocycles. The van der Waals surface area contributed by atoms with Crippen LogP contribution < -0.4 is 15.4 Å². The number of ketones is 1. The second-order valence-corrected chi connectivity index (χ2v) is 7.17. The summed E-state index contributed by atoms with van der Waals surface area (Å²) in [5, 5.41) is 6.57. The fourth-order valence-corrected chi connectivity index (χ4v) is 3.00. The normalized spacial score (nSPS) is 10.8. The number of carbonyl (C=O) groups excluding carboxylic acids is 2. The van der Waals surface area contributed by atoms with E-state index in [2.05, 4.69) is 25.6 Å². The number of rotatable bonds is 8. The lowest BCUT2D eigenvalue weighted by atomic mass is 10.2. The Kier molecular flexibility index (Phi) is 6.65. The fourth-order valence-electron chi connectivity index (χ4n) is 3.00. The van der Waals surface area contributed by atoms with Crippen LogP contribution in [0.3, 0.4) is 0 Å². The van der Waals surface area contributed by atoms with Crippen molar-refractivity contribution in [1.82, 2.24) is 15.0 Å². The highest BCUT2D eigenvalue weighted by atomic mass is 16.5. The molecule has 0 aliphatic rings. The van der Waals surface area contributed by atoms with Crippen molar-refractivity contribution >= 4 is 39.9 Å². The number of benzene rings is 2. The van der Waals surface area contributed by atoms with Crippen LogP contribution in [0.1, 0.15) is 12.5 Å². The Balaban J connectivity index is 1.47. The fraction of sp³-hybridized carbons (Fsp3) is 0.0800. The largest absolute Gasteiger partial charge is 0.489 e. The van der Waals surface area contributed by atoms with E-state index >= 15 is 0 Å². The number of allylic oxidation sites excluding steroid dienone is 1. The number of hydrogen-bond donors (Lipinski definition) is 2. The maximum atomic E-state index is 12.0. The predicted molar refractivity (Wildman–Crippen MR) is 126 cm³/mol. The summed E-state index contributed by atoms with van der Waals surface area (Å²) in [6.07, 6.45) is 5.35. The Labute approximate surface area is 190 Å². The van der Waals surface area contributed by atoms with Gasteiger partial charge in [0.1, 0.15) is 30.3 Å². The number of hydrogen-bond acceptors (Lipinski definition) is 7. The van der Waals surface area contributed by atoms with Gasteiger partial charge in [-0.2, -0.15) is 0 Å². The number of fused-ring (bicyclic) bond motifs is 1. The van der Waals surface area contributed by atoms with Gasteiger partial charge in [-0.1, -0.05) is 30.3 Å². The Bertz CT molecular complexity index is 1300. The summed E-state index contributed by atoms with van der Waals surface area (Å²) in [5.41, 5.74) is 2.53. The first-order chi connectivity index (χ1) is 16.1. The average molecular weight is 439 g/mol. The van der Waals surface area contributed by atoms with E-state index in [0.29, 0.717) is 29.1 Å². The molecule has 0 unspecified atom stereocenters. The number of pyridine rings is 1. The smallest absolute Gasteiger partial charge is 0.249 e. The second-order valence-electron chi connectivity index (χ2n) is 7.17. The average Bonchev–Trinajstić information content (AvgIpc) is 2.83. The summed E-state index contributed by atoms with van der Waals surface area (Å²) in [7, 11) is 0. The van der Waals surface area contributed by atoms with Gasteiger partial charge in [-0.25, -0.2) is 15.0 Å². The van der Waals surface area contributed by atoms with Crippen LogP contribution in [0.2, 0.25) is 0 Å². The molecule has 8 heteroatoms. The minimum Gasteiger partial charge on any atom is -0.489 e. The predicted octanol–water partition coefficient (Wildman–Crippen LogP) is 4.43. The highest BCUT2D eigenvalue weighted by Crippen LogP contribution is 2.26. The van der Waals surface area contributed by atoms with Crippen molar-refractivity contribution in [2.45, 2.75) is 13.5 Å². The number of nitrogens with zero attached hydrogens (tertiary/aromatic N) is 3. The van der Waals surface area contributed by atoms with Crippen molar-refractivity contribution in [3.05, 3.63) is 90.9 Å². The molecule has 1 amide bonds. The number of nitrogens with one attached hydrogen (secondary N) is 2. The molecule has 0 spiro atoms. The van der Waals surface area contributed by atoms with Crippen LogP contribution in [0.4, 0.5) is 17.3 Å². The Morgan fingerprint density at radius 3 is 2.52 bits per heavy atom. The summed E-state index contributed by atoms with van der Waals surface area (Å²) < 4.78 is 5.83. The van der Waals surface area contributed by atoms with Crippen molar-refractivity contribution in [3.8, 4) is 5.75 Å². The molecule has 0 aliphatic heterocycles. The molecule has 2 heterocycles. The van der Waals surface area contributed by atoms with Crippen LogP contribution in [0.5, 0.6) is 5.75 Å². The van der Waals surface area contributed by atoms with Gasteiger partial charge < -0.3 is 15.4 Å². The Morgan fingerprint density at radius 2 is 1.76 bits per heavy atom. The molecule has 2 N–H and O–H groups in total. The SMILES string of the molecule is CC(=O)C=CC(=O)Nc1cc2c(Nc3ccc(OCc4ccccc4)cc3)ncnc2cn1. The molecule has 0 fully saturated rings. The highest BCUT2D eigenvalue weighted by molar-refractivity contribution is 6.04. The molecule has 2 aromatic heterocycles. The molecule has 0 aliphatic carbocycles. The van der Waals surface area contributed by atoms with Crippen molar-refractivity contribution in [2.24, 2.45) is 0 Å². The van der Waals surface area contributed by atoms with E-state index in [9.17, 15) is 9.59 Å². The maximum Gasteiger partial charge on any atom is 0.249 e. The van der Waals surface area contributed by atoms with Crippen LogP contribution in [0, 0.1) is 0 Å². The first-order valence-corrected chi connectivity index (χ1v) is 10.2. The first-order valence-electron chi connectivity index (χ1n) is 10.2. The molecule has 2 aromatic carbocycles. The summed E-state index contributed by atoms with van der Waals surface area (Å²) in [6, 6.07) is 19.2. The number of carbonyl (C=O) groups is 2. The van der Waals surface area contributed by atoms with Gasteiger partial charge in [-0.15, -0.1) is 0 Å². The van der Waals surface area contributed by atoms with Crippen LogP contribution in [0.15, 0.2) is 85.3 Å². The standard InChI is InChI=1S/C25H21N5O3/c1-17(31)7-12-24(32)30-23-13-21-22(14-26-23)27-16-28-25(21)29-19-8-10-20(11-9-19)33-15-18-5-3-2-4-6-18/h2-14,16H,15H2,1H3,(H,26,30,32)(H,27,28,29). The van der Waals surface area contributed by atoms with Crippen molar-refractivity contribution in [3.63, 3.8) is 0 Å². The zero-order valence-corrected chi connectivity index (χ0v) is 17.9. The van der Waals surface area contributed by atoms with Gasteiger partial charge in [0.15, 0.2) is 5.78 Å². The highest BCUT2D eigenvalue weighted by Gasteiger charge is 2.08. The number of ether oxygens (including phenoxy) is 1. The molecule has 33 heavy (non-hydrogen) atoms. The zero-order valence-electron chi connectivity index (χ0n) is 17.9. The molecule has 0 saturated heterocycles. The van der Waals surface area contributed by atoms with E-state index in [1.165, 1.54) is 19.3 Å². The van der Waals surface area contributed by atoms with E-state index in [1.54, 1.807) is 12.3 Å². The molecule has 8 nitrogen and oxygen atoms in total.